The maximum Gasteiger partial charge on any atom is 0.123 e. The molecule has 1 aliphatic heterocycles. The molecule has 2 rings (SSSR count). The second-order valence-corrected chi connectivity index (χ2v) is 5.84. The first-order chi connectivity index (χ1) is 8.50. The van der Waals surface area contributed by atoms with Crippen LogP contribution in [-0.4, -0.2) is 19.3 Å². The van der Waals surface area contributed by atoms with Crippen molar-refractivity contribution in [1.29, 1.82) is 0 Å². The quantitative estimate of drug-likeness (QED) is 0.586. The number of epoxide rings is 1. The number of allylic oxidation sites excluding steroid dienone is 1. The summed E-state index contributed by atoms with van der Waals surface area (Å²) in [6.07, 6.45) is 3.13. The summed E-state index contributed by atoms with van der Waals surface area (Å²) >= 11 is 0. The van der Waals surface area contributed by atoms with Crippen LogP contribution in [0.25, 0.3) is 0 Å². The van der Waals surface area contributed by atoms with E-state index in [2.05, 4.69) is 45.5 Å². The third kappa shape index (κ3) is 3.36. The van der Waals surface area contributed by atoms with E-state index in [-0.39, 0.29) is 5.41 Å². The minimum absolute atomic E-state index is 0.0803. The van der Waals surface area contributed by atoms with Crippen molar-refractivity contribution in [2.75, 3.05) is 13.2 Å². The largest absolute Gasteiger partial charge is 0.490 e. The summed E-state index contributed by atoms with van der Waals surface area (Å²) in [5.74, 6) is 0.978. The fraction of sp³-hybridized carbons (Fsp3) is 0.500. The molecule has 0 bridgehead atoms. The molecule has 1 saturated heterocycles. The Morgan fingerprint density at radius 1 is 1.44 bits per heavy atom. The molecule has 0 saturated carbocycles. The Bertz CT molecular complexity index is 425. The minimum Gasteiger partial charge on any atom is -0.490 e. The first kappa shape index (κ1) is 13.2. The summed E-state index contributed by atoms with van der Waals surface area (Å²) in [5, 5.41) is 0. The van der Waals surface area contributed by atoms with Crippen molar-refractivity contribution in [3.8, 4) is 5.75 Å². The Labute approximate surface area is 110 Å². The fourth-order valence-corrected chi connectivity index (χ4v) is 1.93. The van der Waals surface area contributed by atoms with Gasteiger partial charge in [0.15, 0.2) is 0 Å². The summed E-state index contributed by atoms with van der Waals surface area (Å²) in [6, 6.07) is 6.41. The lowest BCUT2D eigenvalue weighted by molar-refractivity contribution is 0.258. The molecular weight excluding hydrogens is 224 g/mol. The van der Waals surface area contributed by atoms with E-state index >= 15 is 0 Å². The standard InChI is InChI=1S/C16H22O2/c1-5-6-12-7-8-15(18-11-13-10-17-13)14(9-12)16(2,3)4/h5,7-9,13H,1,6,10-11H2,2-4H3. The van der Waals surface area contributed by atoms with Crippen molar-refractivity contribution >= 4 is 0 Å². The highest BCUT2D eigenvalue weighted by Gasteiger charge is 2.25. The van der Waals surface area contributed by atoms with Crippen molar-refractivity contribution in [2.24, 2.45) is 0 Å². The van der Waals surface area contributed by atoms with Gasteiger partial charge in [-0.1, -0.05) is 39.0 Å². The van der Waals surface area contributed by atoms with E-state index in [4.69, 9.17) is 9.47 Å². The molecule has 0 aromatic heterocycles. The van der Waals surface area contributed by atoms with Crippen molar-refractivity contribution in [2.45, 2.75) is 38.7 Å². The van der Waals surface area contributed by atoms with Crippen LogP contribution in [0.15, 0.2) is 30.9 Å². The average molecular weight is 246 g/mol. The minimum atomic E-state index is 0.0803. The molecule has 1 heterocycles. The Morgan fingerprint density at radius 2 is 2.17 bits per heavy atom. The highest BCUT2D eigenvalue weighted by Crippen LogP contribution is 2.33. The molecule has 1 unspecified atom stereocenters. The van der Waals surface area contributed by atoms with Gasteiger partial charge in [-0.05, 0) is 29.0 Å². The van der Waals surface area contributed by atoms with Gasteiger partial charge >= 0.3 is 0 Å². The predicted octanol–water partition coefficient (Wildman–Crippen LogP) is 3.49. The van der Waals surface area contributed by atoms with Gasteiger partial charge in [-0.3, -0.25) is 0 Å². The van der Waals surface area contributed by atoms with E-state index in [0.717, 1.165) is 18.8 Å². The molecule has 0 amide bonds. The average Bonchev–Trinajstić information content (AvgIpc) is 3.10. The maximum absolute atomic E-state index is 5.87. The number of hydrogen-bond acceptors (Lipinski definition) is 2. The molecule has 0 spiro atoms. The molecule has 1 fully saturated rings. The highest BCUT2D eigenvalue weighted by molar-refractivity contribution is 5.42. The fourth-order valence-electron chi connectivity index (χ4n) is 1.93. The van der Waals surface area contributed by atoms with Crippen molar-refractivity contribution in [3.05, 3.63) is 42.0 Å². The van der Waals surface area contributed by atoms with E-state index < -0.39 is 0 Å². The molecule has 0 radical (unpaired) electrons. The van der Waals surface area contributed by atoms with Gasteiger partial charge in [0.25, 0.3) is 0 Å². The third-order valence-corrected chi connectivity index (χ3v) is 3.06. The Hall–Kier alpha value is -1.28. The monoisotopic (exact) mass is 246 g/mol. The summed E-state index contributed by atoms with van der Waals surface area (Å²) in [4.78, 5) is 0. The number of rotatable bonds is 5. The molecule has 1 aliphatic rings. The van der Waals surface area contributed by atoms with E-state index in [1.807, 2.05) is 6.08 Å². The highest BCUT2D eigenvalue weighted by atomic mass is 16.6. The molecule has 2 nitrogen and oxygen atoms in total. The zero-order chi connectivity index (χ0) is 13.2. The van der Waals surface area contributed by atoms with Crippen LogP contribution in [-0.2, 0) is 16.6 Å². The molecule has 1 aromatic carbocycles. The first-order valence-electron chi connectivity index (χ1n) is 6.49. The van der Waals surface area contributed by atoms with Crippen LogP contribution in [0.2, 0.25) is 0 Å². The van der Waals surface area contributed by atoms with Gasteiger partial charge in [0, 0.05) is 0 Å². The second-order valence-electron chi connectivity index (χ2n) is 5.84. The third-order valence-electron chi connectivity index (χ3n) is 3.06. The van der Waals surface area contributed by atoms with Crippen LogP contribution < -0.4 is 4.74 Å². The van der Waals surface area contributed by atoms with Crippen molar-refractivity contribution < 1.29 is 9.47 Å². The molecular formula is C16H22O2. The van der Waals surface area contributed by atoms with E-state index in [9.17, 15) is 0 Å². The van der Waals surface area contributed by atoms with Crippen LogP contribution >= 0.6 is 0 Å². The molecule has 18 heavy (non-hydrogen) atoms. The zero-order valence-corrected chi connectivity index (χ0v) is 11.5. The maximum atomic E-state index is 5.87. The zero-order valence-electron chi connectivity index (χ0n) is 11.5. The van der Waals surface area contributed by atoms with Crippen LogP contribution in [0, 0.1) is 0 Å². The summed E-state index contributed by atoms with van der Waals surface area (Å²) < 4.78 is 11.0. The van der Waals surface area contributed by atoms with Gasteiger partial charge in [0.05, 0.1) is 6.61 Å². The number of benzene rings is 1. The van der Waals surface area contributed by atoms with Gasteiger partial charge < -0.3 is 9.47 Å². The normalized spacial score (nSPS) is 18.5. The predicted molar refractivity (Wildman–Crippen MR) is 74.3 cm³/mol. The molecule has 2 heteroatoms. The molecule has 98 valence electrons. The Kier molecular flexibility index (Phi) is 3.76. The molecule has 0 aliphatic carbocycles. The van der Waals surface area contributed by atoms with Gasteiger partial charge in [0.1, 0.15) is 18.5 Å². The van der Waals surface area contributed by atoms with E-state index in [0.29, 0.717) is 12.7 Å². The lowest BCUT2D eigenvalue weighted by Gasteiger charge is -2.23. The van der Waals surface area contributed by atoms with Crippen LogP contribution in [0.1, 0.15) is 31.9 Å². The smallest absolute Gasteiger partial charge is 0.123 e. The Balaban J connectivity index is 2.22. The van der Waals surface area contributed by atoms with Crippen molar-refractivity contribution in [1.82, 2.24) is 0 Å². The second kappa shape index (κ2) is 5.15. The SMILES string of the molecule is C=CCc1ccc(OCC2CO2)c(C(C)(C)C)c1. The number of hydrogen-bond donors (Lipinski definition) is 0. The molecule has 1 aromatic rings. The van der Waals surface area contributed by atoms with Gasteiger partial charge in [-0.15, -0.1) is 6.58 Å². The van der Waals surface area contributed by atoms with Gasteiger partial charge in [-0.25, -0.2) is 0 Å². The molecule has 1 atom stereocenters. The van der Waals surface area contributed by atoms with Gasteiger partial charge in [0.2, 0.25) is 0 Å². The van der Waals surface area contributed by atoms with Crippen LogP contribution in [0.3, 0.4) is 0 Å². The summed E-state index contributed by atoms with van der Waals surface area (Å²) in [5.41, 5.74) is 2.61. The lowest BCUT2D eigenvalue weighted by Crippen LogP contribution is -2.15. The number of ether oxygens (including phenoxy) is 2. The Morgan fingerprint density at radius 3 is 2.72 bits per heavy atom. The molecule has 0 N–H and O–H groups in total. The first-order valence-corrected chi connectivity index (χ1v) is 6.49. The van der Waals surface area contributed by atoms with Crippen molar-refractivity contribution in [3.63, 3.8) is 0 Å². The van der Waals surface area contributed by atoms with Crippen LogP contribution in [0.5, 0.6) is 5.75 Å². The van der Waals surface area contributed by atoms with Gasteiger partial charge in [-0.2, -0.15) is 0 Å². The van der Waals surface area contributed by atoms with E-state index in [1.54, 1.807) is 0 Å². The topological polar surface area (TPSA) is 21.8 Å². The summed E-state index contributed by atoms with van der Waals surface area (Å²) in [6.45, 7) is 11.9. The van der Waals surface area contributed by atoms with Crippen LogP contribution in [0.4, 0.5) is 0 Å². The lowest BCUT2D eigenvalue weighted by atomic mass is 9.85. The van der Waals surface area contributed by atoms with E-state index in [1.165, 1.54) is 11.1 Å². The summed E-state index contributed by atoms with van der Waals surface area (Å²) in [7, 11) is 0.